The highest BCUT2D eigenvalue weighted by Crippen LogP contribution is 2.33. The smallest absolute Gasteiger partial charge is 0.347 e. The molecule has 1 saturated heterocycles. The van der Waals surface area contributed by atoms with E-state index in [-0.39, 0.29) is 4.88 Å². The van der Waals surface area contributed by atoms with Crippen LogP contribution in [0, 0.1) is 6.92 Å². The number of piperazine rings is 1. The summed E-state index contributed by atoms with van der Waals surface area (Å²) in [6, 6.07) is 5.86. The summed E-state index contributed by atoms with van der Waals surface area (Å²) in [5.74, 6) is -0.937. The van der Waals surface area contributed by atoms with Crippen molar-refractivity contribution in [1.29, 1.82) is 0 Å². The fourth-order valence-corrected chi connectivity index (χ4v) is 3.64. The van der Waals surface area contributed by atoms with Crippen LogP contribution >= 0.6 is 11.3 Å². The van der Waals surface area contributed by atoms with Crippen LogP contribution in [0.4, 0.5) is 11.4 Å². The summed E-state index contributed by atoms with van der Waals surface area (Å²) < 4.78 is 0. The van der Waals surface area contributed by atoms with Crippen LogP contribution in [0.1, 0.15) is 15.4 Å². The average molecular weight is 332 g/mol. The van der Waals surface area contributed by atoms with E-state index in [4.69, 9.17) is 10.8 Å². The molecule has 2 heterocycles. The van der Waals surface area contributed by atoms with Crippen LogP contribution in [0.25, 0.3) is 10.6 Å². The lowest BCUT2D eigenvalue weighted by atomic mass is 10.1. The number of nitrogen functional groups attached to an aromatic ring is 1. The molecular formula is C16H20N4O2S. The van der Waals surface area contributed by atoms with Crippen molar-refractivity contribution in [2.45, 2.75) is 6.92 Å². The van der Waals surface area contributed by atoms with Crippen molar-refractivity contribution in [3.05, 3.63) is 28.8 Å². The minimum atomic E-state index is -0.937. The fraction of sp³-hybridized carbons (Fsp3) is 0.375. The molecule has 0 unspecified atom stereocenters. The van der Waals surface area contributed by atoms with Gasteiger partial charge < -0.3 is 20.6 Å². The molecule has 0 saturated carbocycles. The number of nitrogens with two attached hydrogens (primary N) is 1. The Hall–Kier alpha value is -2.12. The number of aromatic carboxylic acids is 1. The molecule has 1 aliphatic heterocycles. The first-order valence-electron chi connectivity index (χ1n) is 7.50. The number of hydrogen-bond donors (Lipinski definition) is 2. The Balaban J connectivity index is 1.87. The van der Waals surface area contributed by atoms with Gasteiger partial charge in [-0.15, -0.1) is 11.3 Å². The van der Waals surface area contributed by atoms with E-state index in [9.17, 15) is 4.79 Å². The normalized spacial score (nSPS) is 15.8. The molecule has 3 N–H and O–H groups in total. The molecule has 1 aromatic heterocycles. The van der Waals surface area contributed by atoms with E-state index >= 15 is 0 Å². The van der Waals surface area contributed by atoms with Crippen molar-refractivity contribution in [3.8, 4) is 10.6 Å². The van der Waals surface area contributed by atoms with Crippen molar-refractivity contribution in [3.63, 3.8) is 0 Å². The third-order valence-corrected chi connectivity index (χ3v) is 5.30. The van der Waals surface area contributed by atoms with Crippen LogP contribution < -0.4 is 10.6 Å². The predicted molar refractivity (Wildman–Crippen MR) is 93.4 cm³/mol. The molecule has 23 heavy (non-hydrogen) atoms. The van der Waals surface area contributed by atoms with E-state index < -0.39 is 5.97 Å². The van der Waals surface area contributed by atoms with E-state index in [0.29, 0.717) is 16.4 Å². The molecule has 0 bridgehead atoms. The number of carbonyl (C=O) groups is 1. The number of thiazole rings is 1. The van der Waals surface area contributed by atoms with E-state index in [1.807, 2.05) is 18.2 Å². The second kappa shape index (κ2) is 6.17. The van der Waals surface area contributed by atoms with Crippen LogP contribution in [-0.4, -0.2) is 54.2 Å². The maximum Gasteiger partial charge on any atom is 0.347 e. The molecule has 0 spiro atoms. The van der Waals surface area contributed by atoms with Gasteiger partial charge in [0.15, 0.2) is 0 Å². The molecule has 122 valence electrons. The number of carboxylic acids is 1. The quantitative estimate of drug-likeness (QED) is 0.838. The summed E-state index contributed by atoms with van der Waals surface area (Å²) in [6.07, 6.45) is 0. The van der Waals surface area contributed by atoms with Gasteiger partial charge in [0.05, 0.1) is 17.1 Å². The Morgan fingerprint density at radius 3 is 2.57 bits per heavy atom. The van der Waals surface area contributed by atoms with Crippen molar-refractivity contribution in [2.75, 3.05) is 43.9 Å². The lowest BCUT2D eigenvalue weighted by Crippen LogP contribution is -2.44. The molecule has 6 nitrogen and oxygen atoms in total. The van der Waals surface area contributed by atoms with Gasteiger partial charge in [-0.25, -0.2) is 9.78 Å². The lowest BCUT2D eigenvalue weighted by molar-refractivity contribution is 0.0701. The first-order valence-corrected chi connectivity index (χ1v) is 8.31. The number of hydrogen-bond acceptors (Lipinski definition) is 6. The van der Waals surface area contributed by atoms with Crippen LogP contribution in [0.3, 0.4) is 0 Å². The standard InChI is InChI=1S/C16H20N4O2S/c1-10-14(16(21)22)23-15(18-10)11-3-4-13(12(17)9-11)20-7-5-19(2)6-8-20/h3-4,9H,5-8,17H2,1-2H3,(H,21,22). The zero-order valence-electron chi connectivity index (χ0n) is 13.2. The molecule has 0 amide bonds. The highest BCUT2D eigenvalue weighted by Gasteiger charge is 2.18. The number of aromatic nitrogens is 1. The van der Waals surface area contributed by atoms with E-state index in [0.717, 1.165) is 37.4 Å². The molecule has 0 radical (unpaired) electrons. The molecule has 0 aliphatic carbocycles. The Labute approximate surface area is 139 Å². The van der Waals surface area contributed by atoms with Gasteiger partial charge in [-0.2, -0.15) is 0 Å². The van der Waals surface area contributed by atoms with E-state index in [1.165, 1.54) is 11.3 Å². The first kappa shape index (κ1) is 15.8. The maximum absolute atomic E-state index is 11.2. The first-order chi connectivity index (χ1) is 11.0. The Morgan fingerprint density at radius 2 is 2.00 bits per heavy atom. The Morgan fingerprint density at radius 1 is 1.30 bits per heavy atom. The molecule has 7 heteroatoms. The Kier molecular flexibility index (Phi) is 4.23. The zero-order chi connectivity index (χ0) is 16.6. The summed E-state index contributed by atoms with van der Waals surface area (Å²) in [5, 5.41) is 9.84. The third-order valence-electron chi connectivity index (χ3n) is 4.11. The van der Waals surface area contributed by atoms with Gasteiger partial charge in [0, 0.05) is 31.7 Å². The molecule has 1 fully saturated rings. The van der Waals surface area contributed by atoms with Crippen molar-refractivity contribution in [1.82, 2.24) is 9.88 Å². The van der Waals surface area contributed by atoms with Crippen molar-refractivity contribution < 1.29 is 9.90 Å². The number of benzene rings is 1. The SMILES string of the molecule is Cc1nc(-c2ccc(N3CCN(C)CC3)c(N)c2)sc1C(=O)O. The van der Waals surface area contributed by atoms with Crippen molar-refractivity contribution >= 4 is 28.7 Å². The molecule has 0 atom stereocenters. The van der Waals surface area contributed by atoms with Gasteiger partial charge in [-0.3, -0.25) is 0 Å². The summed E-state index contributed by atoms with van der Waals surface area (Å²) in [6.45, 7) is 5.67. The summed E-state index contributed by atoms with van der Waals surface area (Å²) in [5.41, 5.74) is 9.38. The molecule has 2 aromatic rings. The largest absolute Gasteiger partial charge is 0.477 e. The number of likely N-dealkylation sites (N-methyl/N-ethyl adjacent to an activating group) is 1. The number of carboxylic acid groups (broad SMARTS) is 1. The van der Waals surface area contributed by atoms with Crippen LogP contribution in [-0.2, 0) is 0 Å². The molecule has 1 aliphatic rings. The van der Waals surface area contributed by atoms with Crippen LogP contribution in [0.2, 0.25) is 0 Å². The average Bonchev–Trinajstić information content (AvgIpc) is 2.90. The van der Waals surface area contributed by atoms with Crippen molar-refractivity contribution in [2.24, 2.45) is 0 Å². The second-order valence-corrected chi connectivity index (χ2v) is 6.80. The third kappa shape index (κ3) is 3.16. The van der Waals surface area contributed by atoms with Gasteiger partial charge in [-0.05, 0) is 32.2 Å². The van der Waals surface area contributed by atoms with E-state index in [2.05, 4.69) is 21.8 Å². The molecule has 1 aromatic carbocycles. The second-order valence-electron chi connectivity index (χ2n) is 5.80. The molecular weight excluding hydrogens is 312 g/mol. The van der Waals surface area contributed by atoms with Gasteiger partial charge in [0.1, 0.15) is 9.88 Å². The fourth-order valence-electron chi connectivity index (χ4n) is 2.74. The minimum absolute atomic E-state index is 0.279. The molecule has 3 rings (SSSR count). The number of anilines is 2. The van der Waals surface area contributed by atoms with Crippen LogP contribution in [0.15, 0.2) is 18.2 Å². The predicted octanol–water partition coefficient (Wildman–Crippen LogP) is 2.15. The summed E-state index contributed by atoms with van der Waals surface area (Å²) >= 11 is 1.18. The topological polar surface area (TPSA) is 82.7 Å². The number of rotatable bonds is 3. The van der Waals surface area contributed by atoms with Gasteiger partial charge in [-0.1, -0.05) is 0 Å². The van der Waals surface area contributed by atoms with E-state index in [1.54, 1.807) is 6.92 Å². The van der Waals surface area contributed by atoms with Gasteiger partial charge in [0.25, 0.3) is 0 Å². The lowest BCUT2D eigenvalue weighted by Gasteiger charge is -2.34. The summed E-state index contributed by atoms with van der Waals surface area (Å²) in [4.78, 5) is 20.4. The Bertz CT molecular complexity index is 736. The minimum Gasteiger partial charge on any atom is -0.477 e. The monoisotopic (exact) mass is 332 g/mol. The van der Waals surface area contributed by atoms with Gasteiger partial charge >= 0.3 is 5.97 Å². The highest BCUT2D eigenvalue weighted by atomic mass is 32.1. The highest BCUT2D eigenvalue weighted by molar-refractivity contribution is 7.17. The van der Waals surface area contributed by atoms with Crippen LogP contribution in [0.5, 0.6) is 0 Å². The zero-order valence-corrected chi connectivity index (χ0v) is 14.1. The number of nitrogens with zero attached hydrogens (tertiary/aromatic N) is 3. The summed E-state index contributed by atoms with van der Waals surface area (Å²) in [7, 11) is 2.12. The maximum atomic E-state index is 11.2. The van der Waals surface area contributed by atoms with Gasteiger partial charge in [0.2, 0.25) is 0 Å². The number of aryl methyl sites for hydroxylation is 1.